The molecule has 11 rings (SSSR count). The van der Waals surface area contributed by atoms with E-state index < -0.39 is 0 Å². The predicted octanol–water partition coefficient (Wildman–Crippen LogP) is 14.2. The van der Waals surface area contributed by atoms with Crippen molar-refractivity contribution in [1.82, 2.24) is 0 Å². The van der Waals surface area contributed by atoms with E-state index in [4.69, 9.17) is 0 Å². The largest absolute Gasteiger partial charge is 0.0616 e. The molecule has 0 saturated heterocycles. The number of hydrogen-bond donors (Lipinski definition) is 0. The van der Waals surface area contributed by atoms with Crippen molar-refractivity contribution in [3.05, 3.63) is 182 Å². The van der Waals surface area contributed by atoms with Crippen molar-refractivity contribution >= 4 is 75.4 Å². The van der Waals surface area contributed by atoms with Crippen LogP contribution in [0.5, 0.6) is 0 Å². The first-order valence-electron chi connectivity index (χ1n) is 17.4. The summed E-state index contributed by atoms with van der Waals surface area (Å²) in [6, 6.07) is 67.7. The molecule has 0 atom stereocenters. The molecule has 0 unspecified atom stereocenters. The molecule has 11 aromatic carbocycles. The minimum absolute atomic E-state index is 1.25. The van der Waals surface area contributed by atoms with Crippen LogP contribution in [0.4, 0.5) is 0 Å². The second-order valence-electron chi connectivity index (χ2n) is 13.6. The summed E-state index contributed by atoms with van der Waals surface area (Å²) in [5.41, 5.74) is 7.65. The summed E-state index contributed by atoms with van der Waals surface area (Å²) in [5, 5.41) is 18.0. The van der Waals surface area contributed by atoms with Crippen LogP contribution in [0.3, 0.4) is 0 Å². The van der Waals surface area contributed by atoms with Gasteiger partial charge in [0.25, 0.3) is 0 Å². The molecule has 0 aliphatic heterocycles. The van der Waals surface area contributed by atoms with Crippen LogP contribution in [0.2, 0.25) is 0 Å². The van der Waals surface area contributed by atoms with E-state index in [-0.39, 0.29) is 0 Å². The van der Waals surface area contributed by atoms with Gasteiger partial charge >= 0.3 is 0 Å². The van der Waals surface area contributed by atoms with Crippen molar-refractivity contribution in [1.29, 1.82) is 0 Å². The van der Waals surface area contributed by atoms with Gasteiger partial charge in [0.1, 0.15) is 0 Å². The second-order valence-corrected chi connectivity index (χ2v) is 13.6. The molecule has 0 bridgehead atoms. The third kappa shape index (κ3) is 3.94. The standard InChI is InChI=1S/C50H30/c1-3-11-35-29-37(19-17-31(35)9-1)39-25-21-33-23-27-45-46(28-24-34-22-26-44(39)48(33)49(34)45)50-42-15-7-5-13-40(42)47(41-14-6-8-16-43(41)50)38-20-18-32-10-2-4-12-36(32)30-38/h1-30H. The number of benzene rings is 11. The van der Waals surface area contributed by atoms with E-state index in [0.717, 1.165) is 0 Å². The van der Waals surface area contributed by atoms with Crippen LogP contribution in [0, 0.1) is 0 Å². The van der Waals surface area contributed by atoms with Gasteiger partial charge in [-0.25, -0.2) is 0 Å². The van der Waals surface area contributed by atoms with E-state index in [1.54, 1.807) is 0 Å². The molecular formula is C50H30. The Morgan fingerprint density at radius 2 is 0.620 bits per heavy atom. The van der Waals surface area contributed by atoms with Gasteiger partial charge in [0, 0.05) is 0 Å². The van der Waals surface area contributed by atoms with Crippen molar-refractivity contribution < 1.29 is 0 Å². The van der Waals surface area contributed by atoms with E-state index in [9.17, 15) is 0 Å². The quantitative estimate of drug-likeness (QED) is 0.135. The molecule has 0 N–H and O–H groups in total. The van der Waals surface area contributed by atoms with Crippen LogP contribution in [0.1, 0.15) is 0 Å². The number of hydrogen-bond acceptors (Lipinski definition) is 0. The summed E-state index contributed by atoms with van der Waals surface area (Å²) in [5.74, 6) is 0. The molecule has 230 valence electrons. The third-order valence-corrected chi connectivity index (χ3v) is 11.0. The third-order valence-electron chi connectivity index (χ3n) is 11.0. The lowest BCUT2D eigenvalue weighted by molar-refractivity contribution is 1.68. The molecule has 0 aliphatic rings. The first-order valence-corrected chi connectivity index (χ1v) is 17.4. The zero-order valence-electron chi connectivity index (χ0n) is 27.3. The van der Waals surface area contributed by atoms with Crippen molar-refractivity contribution in [2.24, 2.45) is 0 Å². The predicted molar refractivity (Wildman–Crippen MR) is 216 cm³/mol. The average Bonchev–Trinajstić information content (AvgIpc) is 3.18. The first-order chi connectivity index (χ1) is 24.8. The van der Waals surface area contributed by atoms with E-state index in [1.807, 2.05) is 0 Å². The highest BCUT2D eigenvalue weighted by Crippen LogP contribution is 2.48. The van der Waals surface area contributed by atoms with Crippen LogP contribution < -0.4 is 0 Å². The van der Waals surface area contributed by atoms with E-state index in [2.05, 4.69) is 182 Å². The van der Waals surface area contributed by atoms with Crippen molar-refractivity contribution in [3.8, 4) is 33.4 Å². The fourth-order valence-electron chi connectivity index (χ4n) is 8.70. The van der Waals surface area contributed by atoms with E-state index >= 15 is 0 Å². The van der Waals surface area contributed by atoms with Crippen LogP contribution in [-0.2, 0) is 0 Å². The molecule has 0 radical (unpaired) electrons. The maximum absolute atomic E-state index is 2.36. The van der Waals surface area contributed by atoms with Gasteiger partial charge in [-0.05, 0) is 121 Å². The van der Waals surface area contributed by atoms with Crippen LogP contribution in [0.15, 0.2) is 182 Å². The summed E-state index contributed by atoms with van der Waals surface area (Å²) >= 11 is 0. The first kappa shape index (κ1) is 27.5. The molecule has 0 fully saturated rings. The Balaban J connectivity index is 1.21. The van der Waals surface area contributed by atoms with Gasteiger partial charge in [0.05, 0.1) is 0 Å². The fourth-order valence-corrected chi connectivity index (χ4v) is 8.70. The van der Waals surface area contributed by atoms with Crippen molar-refractivity contribution in [2.45, 2.75) is 0 Å². The highest BCUT2D eigenvalue weighted by molar-refractivity contribution is 6.30. The molecule has 0 saturated carbocycles. The highest BCUT2D eigenvalue weighted by atomic mass is 14.2. The lowest BCUT2D eigenvalue weighted by atomic mass is 9.82. The maximum atomic E-state index is 2.36. The minimum Gasteiger partial charge on any atom is -0.0616 e. The van der Waals surface area contributed by atoms with Gasteiger partial charge in [0.15, 0.2) is 0 Å². The van der Waals surface area contributed by atoms with Crippen LogP contribution in [0.25, 0.3) is 109 Å². The summed E-state index contributed by atoms with van der Waals surface area (Å²) in [6.45, 7) is 0. The summed E-state index contributed by atoms with van der Waals surface area (Å²) in [4.78, 5) is 0. The fraction of sp³-hybridized carbons (Fsp3) is 0. The maximum Gasteiger partial charge on any atom is -0.00201 e. The Kier molecular flexibility index (Phi) is 5.76. The van der Waals surface area contributed by atoms with Gasteiger partial charge in [0.2, 0.25) is 0 Å². The van der Waals surface area contributed by atoms with Gasteiger partial charge in [-0.2, -0.15) is 0 Å². The molecule has 0 nitrogen and oxygen atoms in total. The lowest BCUT2D eigenvalue weighted by Gasteiger charge is -2.20. The Morgan fingerprint density at radius 1 is 0.220 bits per heavy atom. The Bertz CT molecular complexity index is 3090. The lowest BCUT2D eigenvalue weighted by Crippen LogP contribution is -1.93. The Hall–Kier alpha value is -6.50. The topological polar surface area (TPSA) is 0 Å². The molecular weight excluding hydrogens is 601 g/mol. The number of rotatable bonds is 3. The summed E-state index contributed by atoms with van der Waals surface area (Å²) in [7, 11) is 0. The van der Waals surface area contributed by atoms with Gasteiger partial charge in [-0.3, -0.25) is 0 Å². The number of fused-ring (bicyclic) bond motifs is 4. The van der Waals surface area contributed by atoms with Crippen molar-refractivity contribution in [2.75, 3.05) is 0 Å². The Morgan fingerprint density at radius 3 is 1.20 bits per heavy atom. The minimum atomic E-state index is 1.25. The van der Waals surface area contributed by atoms with Gasteiger partial charge in [-0.1, -0.05) is 170 Å². The van der Waals surface area contributed by atoms with E-state index in [0.29, 0.717) is 0 Å². The zero-order chi connectivity index (χ0) is 32.8. The molecule has 0 heteroatoms. The average molecular weight is 631 g/mol. The molecule has 0 amide bonds. The molecule has 0 heterocycles. The molecule has 0 spiro atoms. The normalized spacial score (nSPS) is 12.0. The molecule has 11 aromatic rings. The summed E-state index contributed by atoms with van der Waals surface area (Å²) in [6.07, 6.45) is 0. The molecule has 0 aliphatic carbocycles. The van der Waals surface area contributed by atoms with Gasteiger partial charge in [-0.15, -0.1) is 0 Å². The Labute approximate surface area is 289 Å². The monoisotopic (exact) mass is 630 g/mol. The van der Waals surface area contributed by atoms with Gasteiger partial charge < -0.3 is 0 Å². The molecule has 50 heavy (non-hydrogen) atoms. The van der Waals surface area contributed by atoms with Crippen molar-refractivity contribution in [3.63, 3.8) is 0 Å². The zero-order valence-corrected chi connectivity index (χ0v) is 27.3. The highest BCUT2D eigenvalue weighted by Gasteiger charge is 2.20. The van der Waals surface area contributed by atoms with E-state index in [1.165, 1.54) is 109 Å². The smallest absolute Gasteiger partial charge is 0.00201 e. The summed E-state index contributed by atoms with van der Waals surface area (Å²) < 4.78 is 0. The van der Waals surface area contributed by atoms with Crippen LogP contribution >= 0.6 is 0 Å². The molecule has 0 aromatic heterocycles. The second kappa shape index (κ2) is 10.5. The van der Waals surface area contributed by atoms with Crippen LogP contribution in [-0.4, -0.2) is 0 Å². The SMILES string of the molecule is c1ccc2cc(-c3c4ccccc4c(-c4ccc5ccc6c(-c7ccc8ccccc8c7)ccc7ccc4c5c76)c4ccccc34)ccc2c1.